The summed E-state index contributed by atoms with van der Waals surface area (Å²) < 4.78 is 16.9. The fraction of sp³-hybridized carbons (Fsp3) is 0.278. The monoisotopic (exact) mass is 387 g/mol. The van der Waals surface area contributed by atoms with Gasteiger partial charge in [0.25, 0.3) is 5.89 Å². The topological polar surface area (TPSA) is 95.6 Å². The first-order valence-electron chi connectivity index (χ1n) is 8.41. The fourth-order valence-electron chi connectivity index (χ4n) is 2.73. The average molecular weight is 387 g/mol. The molecule has 0 saturated heterocycles. The molecule has 140 valence electrons. The van der Waals surface area contributed by atoms with Gasteiger partial charge < -0.3 is 19.2 Å². The van der Waals surface area contributed by atoms with Crippen molar-refractivity contribution in [3.8, 4) is 22.3 Å². The predicted octanol–water partition coefficient (Wildman–Crippen LogP) is 2.56. The van der Waals surface area contributed by atoms with E-state index in [9.17, 15) is 9.59 Å². The molecular weight excluding hydrogens is 370 g/mol. The summed E-state index contributed by atoms with van der Waals surface area (Å²) in [4.78, 5) is 24.9. The van der Waals surface area contributed by atoms with Crippen LogP contribution in [0, 0.1) is 0 Å². The summed E-state index contributed by atoms with van der Waals surface area (Å²) in [5, 5.41) is 8.92. The van der Waals surface area contributed by atoms with E-state index in [0.717, 1.165) is 10.4 Å². The van der Waals surface area contributed by atoms with E-state index in [2.05, 4.69) is 10.4 Å². The Morgan fingerprint density at radius 2 is 2.19 bits per heavy atom. The quantitative estimate of drug-likeness (QED) is 0.698. The number of thiophene rings is 1. The summed E-state index contributed by atoms with van der Waals surface area (Å²) >= 11 is 1.43. The lowest BCUT2D eigenvalue weighted by Crippen LogP contribution is -2.28. The molecule has 9 heteroatoms. The number of rotatable bonds is 6. The zero-order chi connectivity index (χ0) is 18.8. The van der Waals surface area contributed by atoms with E-state index in [0.29, 0.717) is 11.5 Å². The Morgan fingerprint density at radius 1 is 1.33 bits per heavy atom. The second-order valence-electron chi connectivity index (χ2n) is 6.03. The number of ether oxygens (including phenoxy) is 2. The number of nitrogens with zero attached hydrogens (tertiary/aromatic N) is 2. The number of carbonyl (C=O) groups excluding carboxylic acids is 1. The van der Waals surface area contributed by atoms with Crippen molar-refractivity contribution in [3.05, 3.63) is 51.8 Å². The molecule has 2 aromatic heterocycles. The molecule has 8 nitrogen and oxygen atoms in total. The highest BCUT2D eigenvalue weighted by Crippen LogP contribution is 2.34. The third-order valence-electron chi connectivity index (χ3n) is 4.16. The van der Waals surface area contributed by atoms with Gasteiger partial charge in [0.15, 0.2) is 11.5 Å². The van der Waals surface area contributed by atoms with Crippen molar-refractivity contribution in [2.75, 3.05) is 6.79 Å². The predicted molar refractivity (Wildman–Crippen MR) is 97.8 cm³/mol. The molecule has 1 aliphatic heterocycles. The Hall–Kier alpha value is -3.07. The minimum atomic E-state index is -0.574. The van der Waals surface area contributed by atoms with Crippen LogP contribution in [0.5, 0.6) is 11.5 Å². The lowest BCUT2D eigenvalue weighted by molar-refractivity contribution is -0.122. The minimum Gasteiger partial charge on any atom is -0.454 e. The van der Waals surface area contributed by atoms with E-state index in [-0.39, 0.29) is 37.6 Å². The summed E-state index contributed by atoms with van der Waals surface area (Å²) in [7, 11) is 0. The van der Waals surface area contributed by atoms with Crippen LogP contribution in [0.15, 0.2) is 44.9 Å². The highest BCUT2D eigenvalue weighted by atomic mass is 32.1. The van der Waals surface area contributed by atoms with Gasteiger partial charge in [-0.2, -0.15) is 4.68 Å². The van der Waals surface area contributed by atoms with Crippen LogP contribution in [-0.2, 0) is 11.3 Å². The van der Waals surface area contributed by atoms with Crippen LogP contribution in [0.3, 0.4) is 0 Å². The molecule has 0 fully saturated rings. The summed E-state index contributed by atoms with van der Waals surface area (Å²) in [5.41, 5.74) is 0.909. The van der Waals surface area contributed by atoms with Gasteiger partial charge in [0.05, 0.1) is 17.5 Å². The molecular formula is C18H17N3O5S. The molecule has 1 atom stereocenters. The number of amides is 1. The standard InChI is InChI=1S/C18H17N3O5S/c1-11(12-4-5-13-14(9-12)25-10-24-13)19-16(22)6-7-21-18(23)26-17(20-21)15-3-2-8-27-15/h2-5,8-9,11H,6-7,10H2,1H3,(H,19,22)/t11-/m1/s1. The van der Waals surface area contributed by atoms with Crippen LogP contribution in [0.25, 0.3) is 10.8 Å². The average Bonchev–Trinajstić information content (AvgIpc) is 3.40. The smallest absolute Gasteiger partial charge is 0.437 e. The van der Waals surface area contributed by atoms with Gasteiger partial charge in [-0.25, -0.2) is 4.79 Å². The lowest BCUT2D eigenvalue weighted by Gasteiger charge is -2.14. The van der Waals surface area contributed by atoms with E-state index in [1.54, 1.807) is 0 Å². The van der Waals surface area contributed by atoms with Crippen LogP contribution >= 0.6 is 11.3 Å². The molecule has 3 heterocycles. The molecule has 0 unspecified atom stereocenters. The summed E-state index contributed by atoms with van der Waals surface area (Å²) in [6.45, 7) is 2.24. The maximum absolute atomic E-state index is 12.2. The number of nitrogens with one attached hydrogen (secondary N) is 1. The molecule has 1 amide bonds. The maximum atomic E-state index is 12.2. The highest BCUT2D eigenvalue weighted by molar-refractivity contribution is 7.13. The van der Waals surface area contributed by atoms with E-state index in [1.807, 2.05) is 42.6 Å². The zero-order valence-corrected chi connectivity index (χ0v) is 15.3. The molecule has 0 aliphatic carbocycles. The molecule has 1 N–H and O–H groups in total. The third kappa shape index (κ3) is 3.72. The number of carbonyl (C=O) groups is 1. The van der Waals surface area contributed by atoms with E-state index >= 15 is 0 Å². The highest BCUT2D eigenvalue weighted by Gasteiger charge is 2.17. The summed E-state index contributed by atoms with van der Waals surface area (Å²) in [5.74, 6) is 0.875. The number of hydrogen-bond acceptors (Lipinski definition) is 7. The first-order chi connectivity index (χ1) is 13.1. The Labute approximate surface area is 158 Å². The largest absolute Gasteiger partial charge is 0.454 e. The van der Waals surface area contributed by atoms with Crippen molar-refractivity contribution in [3.63, 3.8) is 0 Å². The van der Waals surface area contributed by atoms with Crippen LogP contribution in [0.1, 0.15) is 24.9 Å². The van der Waals surface area contributed by atoms with Gasteiger partial charge in [0.2, 0.25) is 12.7 Å². The van der Waals surface area contributed by atoms with Gasteiger partial charge in [-0.05, 0) is 36.1 Å². The molecule has 3 aromatic rings. The second-order valence-corrected chi connectivity index (χ2v) is 6.97. The molecule has 4 rings (SSSR count). The Kier molecular flexibility index (Phi) is 4.68. The Balaban J connectivity index is 1.35. The number of aromatic nitrogens is 2. The molecule has 0 radical (unpaired) electrons. The second kappa shape index (κ2) is 7.28. The SMILES string of the molecule is C[C@@H](NC(=O)CCn1nc(-c2cccs2)oc1=O)c1ccc2c(c1)OCO2. The van der Waals surface area contributed by atoms with E-state index in [4.69, 9.17) is 13.9 Å². The summed E-state index contributed by atoms with van der Waals surface area (Å²) in [6.07, 6.45) is 0.116. The molecule has 1 aliphatic rings. The zero-order valence-electron chi connectivity index (χ0n) is 14.5. The van der Waals surface area contributed by atoms with Crippen molar-refractivity contribution < 1.29 is 18.7 Å². The normalized spacial score (nSPS) is 13.5. The lowest BCUT2D eigenvalue weighted by atomic mass is 10.1. The Morgan fingerprint density at radius 3 is 3.00 bits per heavy atom. The van der Waals surface area contributed by atoms with Crippen LogP contribution < -0.4 is 20.5 Å². The van der Waals surface area contributed by atoms with Gasteiger partial charge in [-0.3, -0.25) is 4.79 Å². The molecule has 27 heavy (non-hydrogen) atoms. The van der Waals surface area contributed by atoms with Gasteiger partial charge in [-0.15, -0.1) is 16.4 Å². The minimum absolute atomic E-state index is 0.116. The van der Waals surface area contributed by atoms with Crippen molar-refractivity contribution in [1.29, 1.82) is 0 Å². The summed E-state index contributed by atoms with van der Waals surface area (Å²) in [6, 6.07) is 9.02. The molecule has 0 saturated carbocycles. The van der Waals surface area contributed by atoms with E-state index < -0.39 is 5.76 Å². The van der Waals surface area contributed by atoms with Crippen molar-refractivity contribution in [1.82, 2.24) is 15.1 Å². The number of hydrogen-bond donors (Lipinski definition) is 1. The number of fused-ring (bicyclic) bond motifs is 1. The molecule has 0 bridgehead atoms. The van der Waals surface area contributed by atoms with Gasteiger partial charge in [0.1, 0.15) is 0 Å². The van der Waals surface area contributed by atoms with Crippen LogP contribution in [0.2, 0.25) is 0 Å². The van der Waals surface area contributed by atoms with Crippen LogP contribution in [0.4, 0.5) is 0 Å². The van der Waals surface area contributed by atoms with Gasteiger partial charge >= 0.3 is 5.76 Å². The number of aryl methyl sites for hydroxylation is 1. The first-order valence-corrected chi connectivity index (χ1v) is 9.29. The van der Waals surface area contributed by atoms with E-state index in [1.165, 1.54) is 16.0 Å². The van der Waals surface area contributed by atoms with Crippen molar-refractivity contribution in [2.24, 2.45) is 0 Å². The van der Waals surface area contributed by atoms with Crippen molar-refractivity contribution in [2.45, 2.75) is 25.9 Å². The van der Waals surface area contributed by atoms with Crippen LogP contribution in [-0.4, -0.2) is 22.5 Å². The Bertz CT molecular complexity index is 1010. The first kappa shape index (κ1) is 17.3. The fourth-order valence-corrected chi connectivity index (χ4v) is 3.38. The molecule has 0 spiro atoms. The van der Waals surface area contributed by atoms with Crippen molar-refractivity contribution >= 4 is 17.2 Å². The molecule has 1 aromatic carbocycles. The van der Waals surface area contributed by atoms with Gasteiger partial charge in [0, 0.05) is 6.42 Å². The third-order valence-corrected chi connectivity index (χ3v) is 5.02. The number of benzene rings is 1. The maximum Gasteiger partial charge on any atom is 0.437 e. The van der Waals surface area contributed by atoms with Gasteiger partial charge in [-0.1, -0.05) is 12.1 Å².